The minimum atomic E-state index is 0. The molecule has 0 spiro atoms. The van der Waals surface area contributed by atoms with Gasteiger partial charge in [-0.15, -0.1) is 0 Å². The van der Waals surface area contributed by atoms with Gasteiger partial charge in [-0.1, -0.05) is 0 Å². The summed E-state index contributed by atoms with van der Waals surface area (Å²) in [5.41, 5.74) is 13.5. The van der Waals surface area contributed by atoms with Crippen LogP contribution in [0.3, 0.4) is 0 Å². The van der Waals surface area contributed by atoms with Gasteiger partial charge in [-0.05, 0) is 0 Å². The average Bonchev–Trinajstić information content (AvgIpc) is 2.01. The Morgan fingerprint density at radius 3 is 0.800 bits per heavy atom. The van der Waals surface area contributed by atoms with Crippen LogP contribution in [0.4, 0.5) is 0 Å². The fourth-order valence-corrected chi connectivity index (χ4v) is 0. The Kier molecular flexibility index (Phi) is 2400. The molecule has 6 nitrogen and oxygen atoms in total. The van der Waals surface area contributed by atoms with Gasteiger partial charge in [0.2, 0.25) is 0 Å². The van der Waals surface area contributed by atoms with Crippen LogP contribution in [0.1, 0.15) is 0 Å². The van der Waals surface area contributed by atoms with E-state index in [1.807, 2.05) is 0 Å². The van der Waals surface area contributed by atoms with E-state index in [0.717, 1.165) is 0 Å². The van der Waals surface area contributed by atoms with Crippen LogP contribution in [0.2, 0.25) is 0 Å². The van der Waals surface area contributed by atoms with E-state index in [9.17, 15) is 0 Å². The van der Waals surface area contributed by atoms with Gasteiger partial charge in [0.15, 0.2) is 0 Å². The van der Waals surface area contributed by atoms with E-state index in [4.69, 9.17) is 46.6 Å². The molecule has 0 aliphatic carbocycles. The third-order valence-electron chi connectivity index (χ3n) is 0. The van der Waals surface area contributed by atoms with Crippen LogP contribution in [-0.2, 0) is 17.1 Å². The van der Waals surface area contributed by atoms with Gasteiger partial charge in [-0.25, -0.2) is 0 Å². The fraction of sp³-hybridized carbons (Fsp3) is 0. The van der Waals surface area contributed by atoms with Crippen molar-refractivity contribution in [3.05, 3.63) is 35.7 Å². The van der Waals surface area contributed by atoms with E-state index in [-0.39, 0.29) is 17.1 Å². The molecule has 0 unspecified atom stereocenters. The topological polar surface area (TPSA) is 130 Å². The summed E-state index contributed by atoms with van der Waals surface area (Å²) in [6, 6.07) is 0. The molecule has 0 rings (SSSR count). The molecule has 7 heteroatoms. The van der Waals surface area contributed by atoms with E-state index in [1.165, 1.54) is 4.91 Å². The van der Waals surface area contributed by atoms with Crippen molar-refractivity contribution in [1.82, 2.24) is 0 Å². The SMILES string of the molecule is [C-]#N.[C-]#N.[C-]#N.[Cu+].[N-]=[N+]=[N-]. The van der Waals surface area contributed by atoms with E-state index in [0.29, 0.717) is 0 Å². The van der Waals surface area contributed by atoms with Gasteiger partial charge in [-0.3, -0.25) is 4.91 Å². The minimum Gasteiger partial charge on any atom is -0.512 e. The van der Waals surface area contributed by atoms with E-state index in [2.05, 4.69) is 0 Å². The van der Waals surface area contributed by atoms with E-state index < -0.39 is 0 Å². The summed E-state index contributed by atoms with van der Waals surface area (Å²) in [6.07, 6.45) is 0. The molecule has 0 N–H and O–H groups in total. The molecule has 0 aromatic carbocycles. The molecule has 0 bridgehead atoms. The molecule has 0 fully saturated rings. The van der Waals surface area contributed by atoms with E-state index >= 15 is 0 Å². The van der Waals surface area contributed by atoms with Gasteiger partial charge in [0.25, 0.3) is 0 Å². The predicted molar refractivity (Wildman–Crippen MR) is 25.0 cm³/mol. The maximum Gasteiger partial charge on any atom is 1.00 e. The molecule has 0 radical (unpaired) electrons. The number of hydrogen-bond acceptors (Lipinski definition) is 3. The fourth-order valence-electron chi connectivity index (χ4n) is 0. The summed E-state index contributed by atoms with van der Waals surface area (Å²) >= 11 is 0. The Hall–Kier alpha value is -1.70. The molecular formula is C3CuN6-3. The first-order chi connectivity index (χ1) is 4.41. The summed E-state index contributed by atoms with van der Waals surface area (Å²) in [4.78, 5) is 1.50. The summed E-state index contributed by atoms with van der Waals surface area (Å²) < 4.78 is 0. The van der Waals surface area contributed by atoms with E-state index in [1.54, 1.807) is 0 Å². The summed E-state index contributed by atoms with van der Waals surface area (Å²) in [7, 11) is 0. The normalized spacial score (nSPS) is 1.40. The van der Waals surface area contributed by atoms with Crippen molar-refractivity contribution in [2.24, 2.45) is 0 Å². The van der Waals surface area contributed by atoms with Crippen LogP contribution in [0.25, 0.3) is 16.0 Å². The summed E-state index contributed by atoms with van der Waals surface area (Å²) in [5, 5.41) is 18.8. The molecule has 0 aliphatic rings. The van der Waals surface area contributed by atoms with Gasteiger partial charge >= 0.3 is 17.1 Å². The molecular weight excluding hydrogens is 184 g/mol. The zero-order valence-corrected chi connectivity index (χ0v) is 5.43. The van der Waals surface area contributed by atoms with Crippen LogP contribution in [0.5, 0.6) is 0 Å². The first-order valence-corrected chi connectivity index (χ1v) is 1.07. The van der Waals surface area contributed by atoms with Gasteiger partial charge in [0.05, 0.1) is 0 Å². The molecule has 56 valence electrons. The number of rotatable bonds is 0. The molecule has 0 heterocycles. The smallest absolute Gasteiger partial charge is 0.512 e. The monoisotopic (exact) mass is 183 g/mol. The second-order valence-corrected chi connectivity index (χ2v) is 0.0894. The van der Waals surface area contributed by atoms with Crippen molar-refractivity contribution < 1.29 is 17.1 Å². The average molecular weight is 184 g/mol. The Bertz CT molecular complexity index is 91.6. The largest absolute Gasteiger partial charge is 1.00 e. The van der Waals surface area contributed by atoms with Crippen LogP contribution in [0.15, 0.2) is 0 Å². The van der Waals surface area contributed by atoms with Crippen LogP contribution < -0.4 is 0 Å². The molecule has 10 heavy (non-hydrogen) atoms. The molecule has 0 aromatic heterocycles. The first-order valence-electron chi connectivity index (χ1n) is 1.07. The van der Waals surface area contributed by atoms with Crippen LogP contribution in [-0.4, -0.2) is 0 Å². The van der Waals surface area contributed by atoms with Crippen molar-refractivity contribution >= 4 is 0 Å². The van der Waals surface area contributed by atoms with Gasteiger partial charge in [0, 0.05) is 0 Å². The predicted octanol–water partition coefficient (Wildman–Crippen LogP) is 1.15. The Labute approximate surface area is 69.2 Å². The first kappa shape index (κ1) is 40.6. The van der Waals surface area contributed by atoms with Crippen molar-refractivity contribution in [3.8, 4) is 0 Å². The van der Waals surface area contributed by atoms with Crippen LogP contribution in [0, 0.1) is 35.5 Å². The third-order valence-corrected chi connectivity index (χ3v) is 0. The molecule has 0 aliphatic heterocycles. The zero-order valence-electron chi connectivity index (χ0n) is 4.48. The zero-order chi connectivity index (χ0) is 8.71. The minimum absolute atomic E-state index is 0. The van der Waals surface area contributed by atoms with Crippen molar-refractivity contribution in [2.75, 3.05) is 0 Å². The van der Waals surface area contributed by atoms with Gasteiger partial charge in [-0.2, -0.15) is 0 Å². The Morgan fingerprint density at radius 1 is 0.800 bits per heavy atom. The Balaban J connectivity index is -0.0000000110. The van der Waals surface area contributed by atoms with Crippen molar-refractivity contribution in [3.63, 3.8) is 0 Å². The summed E-state index contributed by atoms with van der Waals surface area (Å²) in [6.45, 7) is 14.2. The van der Waals surface area contributed by atoms with Crippen molar-refractivity contribution in [1.29, 1.82) is 15.8 Å². The molecule has 0 atom stereocenters. The van der Waals surface area contributed by atoms with Gasteiger partial charge < -0.3 is 46.6 Å². The second kappa shape index (κ2) is 590. The van der Waals surface area contributed by atoms with Crippen LogP contribution >= 0.6 is 0 Å². The molecule has 0 aromatic rings. The van der Waals surface area contributed by atoms with Gasteiger partial charge in [0.1, 0.15) is 0 Å². The maximum absolute atomic E-state index is 6.75. The second-order valence-electron chi connectivity index (χ2n) is 0.0894. The number of hydrogen-bond donors (Lipinski definition) is 0. The number of nitrogens with zero attached hydrogens (tertiary/aromatic N) is 6. The third kappa shape index (κ3) is 61.2. The molecule has 0 saturated carbocycles. The molecule has 0 amide bonds. The standard InChI is InChI=1S/3CN.Cu.N3/c3*1-2;;1-3-2/q3*-1;+1;-1. The molecule has 0 saturated heterocycles. The Morgan fingerprint density at radius 2 is 0.800 bits per heavy atom. The van der Waals surface area contributed by atoms with Crippen molar-refractivity contribution in [2.45, 2.75) is 0 Å². The quantitative estimate of drug-likeness (QED) is 0.183. The maximum atomic E-state index is 6.75. The summed E-state index contributed by atoms with van der Waals surface area (Å²) in [5.74, 6) is 0.